The first kappa shape index (κ1) is 22.6. The summed E-state index contributed by atoms with van der Waals surface area (Å²) in [6.07, 6.45) is 4.55. The van der Waals surface area contributed by atoms with Crippen LogP contribution in [0.4, 0.5) is 23.0 Å². The average Bonchev–Trinajstić information content (AvgIpc) is 2.76. The Hall–Kier alpha value is -3.04. The van der Waals surface area contributed by atoms with E-state index in [2.05, 4.69) is 51.1 Å². The molecule has 3 rings (SSSR count). The molecule has 31 heavy (non-hydrogen) atoms. The lowest BCUT2D eigenvalue weighted by atomic mass is 10.0. The Morgan fingerprint density at radius 1 is 1.35 bits per heavy atom. The highest BCUT2D eigenvalue weighted by Crippen LogP contribution is 2.39. The van der Waals surface area contributed by atoms with Crippen LogP contribution in [0.3, 0.4) is 0 Å². The molecule has 0 spiro atoms. The van der Waals surface area contributed by atoms with Gasteiger partial charge in [0.15, 0.2) is 0 Å². The summed E-state index contributed by atoms with van der Waals surface area (Å²) >= 11 is 5.78. The van der Waals surface area contributed by atoms with Gasteiger partial charge in [-0.05, 0) is 39.1 Å². The standard InChI is InChI=1S/C21H27ClN6O3/c1-5-19(29)24-15-10-16(25-21-23-12-14(22)20(30)26-21)18(31-4)11-17(15)28-8-6-13(7-9-28)27(2)3/h5,10-13H,1,6-9H2,2-4H3,(H,24,29)(H2,23,25,26,30). The second-order valence-electron chi connectivity index (χ2n) is 7.44. The van der Waals surface area contributed by atoms with Crippen molar-refractivity contribution in [2.75, 3.05) is 49.8 Å². The molecule has 0 radical (unpaired) electrons. The minimum atomic E-state index is -0.335. The van der Waals surface area contributed by atoms with E-state index in [0.29, 0.717) is 23.2 Å². The van der Waals surface area contributed by atoms with E-state index in [1.807, 2.05) is 6.07 Å². The Balaban J connectivity index is 1.95. The molecule has 1 aliphatic heterocycles. The minimum absolute atomic E-state index is 0.0490. The zero-order valence-electron chi connectivity index (χ0n) is 17.9. The lowest BCUT2D eigenvalue weighted by Crippen LogP contribution is -2.42. The fraction of sp³-hybridized carbons (Fsp3) is 0.381. The van der Waals surface area contributed by atoms with Crippen molar-refractivity contribution in [1.82, 2.24) is 14.9 Å². The summed E-state index contributed by atoms with van der Waals surface area (Å²) in [6.45, 7) is 5.24. The predicted octanol–water partition coefficient (Wildman–Crippen LogP) is 3.24. The van der Waals surface area contributed by atoms with Gasteiger partial charge in [0.1, 0.15) is 10.8 Å². The smallest absolute Gasteiger partial charge is 0.247 e. The molecule has 1 fully saturated rings. The molecule has 0 bridgehead atoms. The number of carbonyl (C=O) groups excluding carboxylic acids is 1. The molecule has 0 aliphatic carbocycles. The maximum Gasteiger partial charge on any atom is 0.247 e. The predicted molar refractivity (Wildman–Crippen MR) is 123 cm³/mol. The highest BCUT2D eigenvalue weighted by molar-refractivity contribution is 6.31. The number of rotatable bonds is 7. The van der Waals surface area contributed by atoms with E-state index >= 15 is 0 Å². The van der Waals surface area contributed by atoms with Gasteiger partial charge in [-0.15, -0.1) is 0 Å². The van der Waals surface area contributed by atoms with Crippen molar-refractivity contribution in [1.29, 1.82) is 0 Å². The Morgan fingerprint density at radius 3 is 2.65 bits per heavy atom. The van der Waals surface area contributed by atoms with Crippen LogP contribution >= 0.6 is 11.6 Å². The third-order valence-corrected chi connectivity index (χ3v) is 5.54. The molecular formula is C21H27ClN6O3. The summed E-state index contributed by atoms with van der Waals surface area (Å²) in [5.74, 6) is 0.0275. The number of nitrogens with zero attached hydrogens (tertiary/aromatic N) is 4. The maximum atomic E-state index is 12.1. The number of halogens is 1. The normalized spacial score (nSPS) is 14.4. The number of nitrogens with one attached hydrogen (secondary N) is 2. The summed E-state index contributed by atoms with van der Waals surface area (Å²) in [5.41, 5.74) is 1.99. The number of anilines is 4. The van der Waals surface area contributed by atoms with Crippen molar-refractivity contribution in [3.8, 4) is 11.6 Å². The molecule has 0 unspecified atom stereocenters. The van der Waals surface area contributed by atoms with Crippen molar-refractivity contribution in [3.05, 3.63) is 36.0 Å². The van der Waals surface area contributed by atoms with Crippen molar-refractivity contribution < 1.29 is 14.6 Å². The number of carbonyl (C=O) groups is 1. The molecule has 1 aliphatic rings. The van der Waals surface area contributed by atoms with Gasteiger partial charge in [-0.1, -0.05) is 18.2 Å². The average molecular weight is 447 g/mol. The number of benzene rings is 1. The zero-order valence-corrected chi connectivity index (χ0v) is 18.6. The Morgan fingerprint density at radius 2 is 2.06 bits per heavy atom. The number of amides is 1. The number of aromatic hydroxyl groups is 1. The van der Waals surface area contributed by atoms with Gasteiger partial charge < -0.3 is 30.3 Å². The highest BCUT2D eigenvalue weighted by Gasteiger charge is 2.24. The van der Waals surface area contributed by atoms with Gasteiger partial charge in [0, 0.05) is 25.2 Å². The van der Waals surface area contributed by atoms with Crippen LogP contribution in [0.15, 0.2) is 31.0 Å². The first-order valence-corrected chi connectivity index (χ1v) is 10.3. The number of piperidine rings is 1. The largest absolute Gasteiger partial charge is 0.494 e. The van der Waals surface area contributed by atoms with E-state index in [1.165, 1.54) is 12.3 Å². The monoisotopic (exact) mass is 446 g/mol. The van der Waals surface area contributed by atoms with E-state index in [0.717, 1.165) is 31.6 Å². The highest BCUT2D eigenvalue weighted by atomic mass is 35.5. The molecular weight excluding hydrogens is 420 g/mol. The van der Waals surface area contributed by atoms with Crippen LogP contribution in [-0.2, 0) is 4.79 Å². The zero-order chi connectivity index (χ0) is 22.5. The van der Waals surface area contributed by atoms with Crippen LogP contribution in [-0.4, -0.2) is 66.2 Å². The third-order valence-electron chi connectivity index (χ3n) is 5.27. The summed E-state index contributed by atoms with van der Waals surface area (Å²) in [5, 5.41) is 15.7. The van der Waals surface area contributed by atoms with Gasteiger partial charge in [-0.2, -0.15) is 4.98 Å². The Bertz CT molecular complexity index is 960. The van der Waals surface area contributed by atoms with E-state index in [-0.39, 0.29) is 22.8 Å². The SMILES string of the molecule is C=CC(=O)Nc1cc(Nc2ncc(Cl)c(O)n2)c(OC)cc1N1CCC(N(C)C)CC1. The minimum Gasteiger partial charge on any atom is -0.494 e. The number of ether oxygens (including phenoxy) is 1. The van der Waals surface area contributed by atoms with Crippen molar-refractivity contribution in [2.24, 2.45) is 0 Å². The van der Waals surface area contributed by atoms with E-state index in [9.17, 15) is 9.90 Å². The second kappa shape index (κ2) is 9.84. The summed E-state index contributed by atoms with van der Waals surface area (Å²) in [6, 6.07) is 4.15. The van der Waals surface area contributed by atoms with Crippen LogP contribution < -0.4 is 20.3 Å². The maximum absolute atomic E-state index is 12.1. The van der Waals surface area contributed by atoms with Gasteiger partial charge in [0.2, 0.25) is 17.7 Å². The van der Waals surface area contributed by atoms with Crippen molar-refractivity contribution in [2.45, 2.75) is 18.9 Å². The van der Waals surface area contributed by atoms with E-state index in [4.69, 9.17) is 16.3 Å². The lowest BCUT2D eigenvalue weighted by molar-refractivity contribution is -0.111. The first-order valence-electron chi connectivity index (χ1n) is 9.87. The topological polar surface area (TPSA) is 103 Å². The van der Waals surface area contributed by atoms with Crippen LogP contribution in [0.25, 0.3) is 0 Å². The lowest BCUT2D eigenvalue weighted by Gasteiger charge is -2.37. The van der Waals surface area contributed by atoms with Gasteiger partial charge in [-0.25, -0.2) is 4.98 Å². The number of hydrogen-bond donors (Lipinski definition) is 3. The summed E-state index contributed by atoms with van der Waals surface area (Å²) < 4.78 is 5.57. The molecule has 1 saturated heterocycles. The third kappa shape index (κ3) is 5.36. The molecule has 3 N–H and O–H groups in total. The van der Waals surface area contributed by atoms with Gasteiger partial charge in [-0.3, -0.25) is 4.79 Å². The molecule has 2 heterocycles. The van der Waals surface area contributed by atoms with Crippen molar-refractivity contribution in [3.63, 3.8) is 0 Å². The molecule has 1 amide bonds. The molecule has 9 nitrogen and oxygen atoms in total. The van der Waals surface area contributed by atoms with Gasteiger partial charge in [0.25, 0.3) is 0 Å². The number of methoxy groups -OCH3 is 1. The van der Waals surface area contributed by atoms with Crippen LogP contribution in [0.5, 0.6) is 11.6 Å². The second-order valence-corrected chi connectivity index (χ2v) is 7.84. The molecule has 166 valence electrons. The molecule has 0 saturated carbocycles. The number of hydrogen-bond acceptors (Lipinski definition) is 8. The van der Waals surface area contributed by atoms with Gasteiger partial charge >= 0.3 is 0 Å². The Kier molecular flexibility index (Phi) is 7.19. The molecule has 1 aromatic carbocycles. The van der Waals surface area contributed by atoms with Crippen LogP contribution in [0.2, 0.25) is 5.02 Å². The summed E-state index contributed by atoms with van der Waals surface area (Å²) in [4.78, 5) is 24.5. The summed E-state index contributed by atoms with van der Waals surface area (Å²) in [7, 11) is 5.75. The fourth-order valence-electron chi connectivity index (χ4n) is 3.54. The van der Waals surface area contributed by atoms with Crippen LogP contribution in [0.1, 0.15) is 12.8 Å². The first-order chi connectivity index (χ1) is 14.8. The number of aromatic nitrogens is 2. The quantitative estimate of drug-likeness (QED) is 0.557. The Labute approximate surface area is 186 Å². The molecule has 0 atom stereocenters. The van der Waals surface area contributed by atoms with E-state index < -0.39 is 0 Å². The fourth-order valence-corrected chi connectivity index (χ4v) is 3.63. The van der Waals surface area contributed by atoms with Gasteiger partial charge in [0.05, 0.1) is 30.4 Å². The van der Waals surface area contributed by atoms with Crippen molar-refractivity contribution >= 4 is 40.5 Å². The van der Waals surface area contributed by atoms with Crippen LogP contribution in [0, 0.1) is 0 Å². The molecule has 10 heteroatoms. The van der Waals surface area contributed by atoms with E-state index in [1.54, 1.807) is 13.2 Å². The molecule has 2 aromatic rings. The molecule has 1 aromatic heterocycles.